The summed E-state index contributed by atoms with van der Waals surface area (Å²) in [6, 6.07) is 0. The number of rotatable bonds is 4. The van der Waals surface area contributed by atoms with Gasteiger partial charge in [0, 0.05) is 0 Å². The molecule has 7 heavy (non-hydrogen) atoms. The molecule has 0 aliphatic heterocycles. The van der Waals surface area contributed by atoms with Gasteiger partial charge in [-0.2, -0.15) is 0 Å². The maximum absolute atomic E-state index is 3.36. The van der Waals surface area contributed by atoms with E-state index in [1.165, 1.54) is 19.4 Å². The molecule has 0 spiro atoms. The third kappa shape index (κ3) is 6.69. The van der Waals surface area contributed by atoms with Crippen molar-refractivity contribution >= 4 is 0 Å². The van der Waals surface area contributed by atoms with Crippen molar-refractivity contribution in [3.05, 3.63) is 0 Å². The molecular formula is C5H13IN-. The Balaban J connectivity index is 2.45. The molecule has 0 radical (unpaired) electrons. The molecule has 0 saturated heterocycles. The number of hydrogen-bond donors (Lipinski definition) is 1. The Morgan fingerprint density at radius 3 is 2.71 bits per heavy atom. The first kappa shape index (κ1) is 7.69. The van der Waals surface area contributed by atoms with Crippen molar-refractivity contribution in [1.82, 2.24) is 3.53 Å². The summed E-state index contributed by atoms with van der Waals surface area (Å²) in [7, 11) is 0. The van der Waals surface area contributed by atoms with Gasteiger partial charge in [-0.3, -0.25) is 0 Å². The third-order valence-electron chi connectivity index (χ3n) is 0.758. The van der Waals surface area contributed by atoms with E-state index in [-0.39, 0.29) is 0 Å². The van der Waals surface area contributed by atoms with Gasteiger partial charge in [0.15, 0.2) is 0 Å². The van der Waals surface area contributed by atoms with Gasteiger partial charge in [-0.1, -0.05) is 0 Å². The second-order valence-electron chi connectivity index (χ2n) is 1.43. The van der Waals surface area contributed by atoms with Crippen LogP contribution in [-0.4, -0.2) is 11.5 Å². The van der Waals surface area contributed by atoms with Crippen molar-refractivity contribution in [3.8, 4) is 0 Å². The van der Waals surface area contributed by atoms with Crippen molar-refractivity contribution in [3.63, 3.8) is 0 Å². The van der Waals surface area contributed by atoms with Crippen molar-refractivity contribution in [2.45, 2.75) is 19.8 Å². The van der Waals surface area contributed by atoms with Gasteiger partial charge in [0.1, 0.15) is 0 Å². The van der Waals surface area contributed by atoms with Crippen LogP contribution in [0.2, 0.25) is 0 Å². The standard InChI is InChI=1S/C5H13IN/c1-3-4-5-7-6-2/h7H,3-5H2,1-2H3/q-1. The average Bonchev–Trinajstić information content (AvgIpc) is 1.69. The van der Waals surface area contributed by atoms with Crippen LogP contribution in [-0.2, 0) is 0 Å². The van der Waals surface area contributed by atoms with Crippen LogP contribution < -0.4 is 25.0 Å². The minimum atomic E-state index is 0.345. The zero-order chi connectivity index (χ0) is 5.54. The molecule has 0 heterocycles. The molecule has 0 atom stereocenters. The molecule has 0 bridgehead atoms. The maximum atomic E-state index is 3.36. The van der Waals surface area contributed by atoms with E-state index in [0.29, 0.717) is 21.5 Å². The Labute approximate surface area is 56.5 Å². The number of halogens is 1. The fraction of sp³-hybridized carbons (Fsp3) is 1.00. The number of nitrogens with one attached hydrogen (secondary N) is 1. The average molecular weight is 214 g/mol. The fourth-order valence-electron chi connectivity index (χ4n) is 0.338. The second kappa shape index (κ2) is 6.69. The van der Waals surface area contributed by atoms with Crippen LogP contribution in [0, 0.1) is 0 Å². The molecule has 1 nitrogen and oxygen atoms in total. The van der Waals surface area contributed by atoms with Gasteiger partial charge in [-0.25, -0.2) is 0 Å². The molecule has 0 rings (SSSR count). The van der Waals surface area contributed by atoms with Crippen LogP contribution in [0.15, 0.2) is 0 Å². The molecule has 0 amide bonds. The van der Waals surface area contributed by atoms with Crippen molar-refractivity contribution in [2.24, 2.45) is 0 Å². The van der Waals surface area contributed by atoms with Gasteiger partial charge >= 0.3 is 56.2 Å². The summed E-state index contributed by atoms with van der Waals surface area (Å²) >= 11 is 0.345. The Bertz CT molecular complexity index is 27.3. The van der Waals surface area contributed by atoms with Gasteiger partial charge in [0.25, 0.3) is 0 Å². The molecule has 0 aliphatic carbocycles. The summed E-state index contributed by atoms with van der Waals surface area (Å²) < 4.78 is 3.36. The normalized spacial score (nSPS) is 10.0. The predicted octanol–water partition coefficient (Wildman–Crippen LogP) is -1.99. The number of alkyl halides is 1. The van der Waals surface area contributed by atoms with E-state index in [1.54, 1.807) is 0 Å². The third-order valence-corrected chi connectivity index (χ3v) is 2.06. The monoisotopic (exact) mass is 214 g/mol. The quantitative estimate of drug-likeness (QED) is 0.247. The molecule has 0 aliphatic rings. The summed E-state index contributed by atoms with van der Waals surface area (Å²) in [5.41, 5.74) is 0. The van der Waals surface area contributed by atoms with Crippen LogP contribution in [0.1, 0.15) is 19.8 Å². The molecule has 46 valence electrons. The van der Waals surface area contributed by atoms with E-state index in [9.17, 15) is 0 Å². The second-order valence-corrected chi connectivity index (χ2v) is 3.27. The Kier molecular flexibility index (Phi) is 7.35. The van der Waals surface area contributed by atoms with Crippen molar-refractivity contribution in [2.75, 3.05) is 11.5 Å². The summed E-state index contributed by atoms with van der Waals surface area (Å²) in [6.07, 6.45) is 2.66. The van der Waals surface area contributed by atoms with Gasteiger partial charge in [0.05, 0.1) is 0 Å². The van der Waals surface area contributed by atoms with Crippen LogP contribution in [0.25, 0.3) is 0 Å². The Morgan fingerprint density at radius 2 is 2.29 bits per heavy atom. The first-order chi connectivity index (χ1) is 3.41. The zero-order valence-electron chi connectivity index (χ0n) is 5.00. The van der Waals surface area contributed by atoms with Crippen LogP contribution in [0.3, 0.4) is 0 Å². The Morgan fingerprint density at radius 1 is 1.57 bits per heavy atom. The summed E-state index contributed by atoms with van der Waals surface area (Å²) in [5, 5.41) is 0. The summed E-state index contributed by atoms with van der Waals surface area (Å²) in [6.45, 7) is 3.45. The predicted molar refractivity (Wildman–Crippen MR) is 28.8 cm³/mol. The number of unbranched alkanes of at least 4 members (excludes halogenated alkanes) is 1. The molecule has 2 heteroatoms. The first-order valence-electron chi connectivity index (χ1n) is 2.63. The minimum absolute atomic E-state index is 0.345. The summed E-state index contributed by atoms with van der Waals surface area (Å²) in [5.74, 6) is 0. The molecule has 0 fully saturated rings. The van der Waals surface area contributed by atoms with Gasteiger partial charge in [-0.05, 0) is 0 Å². The molecule has 0 saturated carbocycles. The van der Waals surface area contributed by atoms with Gasteiger partial charge in [0.2, 0.25) is 0 Å². The van der Waals surface area contributed by atoms with E-state index in [4.69, 9.17) is 0 Å². The molecule has 0 aromatic carbocycles. The van der Waals surface area contributed by atoms with E-state index in [2.05, 4.69) is 15.4 Å². The first-order valence-corrected chi connectivity index (χ1v) is 5.86. The summed E-state index contributed by atoms with van der Waals surface area (Å²) in [4.78, 5) is 2.24. The van der Waals surface area contributed by atoms with Crippen molar-refractivity contribution in [1.29, 1.82) is 0 Å². The van der Waals surface area contributed by atoms with Crippen molar-refractivity contribution < 1.29 is 21.5 Å². The van der Waals surface area contributed by atoms with Gasteiger partial charge in [-0.15, -0.1) is 0 Å². The molecular weight excluding hydrogens is 201 g/mol. The number of hydrogen-bond acceptors (Lipinski definition) is 1. The molecule has 0 aromatic heterocycles. The van der Waals surface area contributed by atoms with Gasteiger partial charge < -0.3 is 0 Å². The van der Waals surface area contributed by atoms with E-state index in [1.807, 2.05) is 0 Å². The van der Waals surface area contributed by atoms with Crippen LogP contribution in [0.5, 0.6) is 0 Å². The van der Waals surface area contributed by atoms with E-state index in [0.717, 1.165) is 0 Å². The molecule has 0 unspecified atom stereocenters. The van der Waals surface area contributed by atoms with E-state index < -0.39 is 0 Å². The SMILES string of the molecule is CCCCN[I-]C. The topological polar surface area (TPSA) is 12.0 Å². The molecule has 1 N–H and O–H groups in total. The van der Waals surface area contributed by atoms with E-state index >= 15 is 0 Å². The fourth-order valence-corrected chi connectivity index (χ4v) is 1.26. The van der Waals surface area contributed by atoms with Crippen LogP contribution in [0.4, 0.5) is 0 Å². The zero-order valence-corrected chi connectivity index (χ0v) is 7.16. The van der Waals surface area contributed by atoms with Crippen LogP contribution >= 0.6 is 0 Å². The Hall–Kier alpha value is 0.690. The molecule has 0 aromatic rings.